The predicted molar refractivity (Wildman–Crippen MR) is 82.1 cm³/mol. The van der Waals surface area contributed by atoms with Gasteiger partial charge in [0.05, 0.1) is 6.21 Å². The molecule has 0 bridgehead atoms. The first kappa shape index (κ1) is 15.6. The lowest BCUT2D eigenvalue weighted by Gasteiger charge is -2.21. The van der Waals surface area contributed by atoms with Gasteiger partial charge in [-0.3, -0.25) is 0 Å². The summed E-state index contributed by atoms with van der Waals surface area (Å²) in [4.78, 5) is 9.20. The van der Waals surface area contributed by atoms with E-state index in [1.54, 1.807) is 6.21 Å². The van der Waals surface area contributed by atoms with E-state index in [2.05, 4.69) is 36.1 Å². The van der Waals surface area contributed by atoms with E-state index in [0.29, 0.717) is 0 Å². The first-order valence-electron chi connectivity index (χ1n) is 6.93. The van der Waals surface area contributed by atoms with Crippen LogP contribution in [-0.4, -0.2) is 64.1 Å². The first-order valence-corrected chi connectivity index (χ1v) is 6.93. The molecule has 0 aliphatic carbocycles. The van der Waals surface area contributed by atoms with Crippen molar-refractivity contribution in [3.8, 4) is 11.5 Å². The van der Waals surface area contributed by atoms with Crippen molar-refractivity contribution in [2.45, 2.75) is 6.54 Å². The van der Waals surface area contributed by atoms with Crippen LogP contribution in [0.2, 0.25) is 0 Å². The number of likely N-dealkylation sites (N-methyl/N-ethyl adjacent to an activating group) is 2. The van der Waals surface area contributed by atoms with Crippen molar-refractivity contribution in [2.24, 2.45) is 5.16 Å². The molecule has 0 fully saturated rings. The van der Waals surface area contributed by atoms with Gasteiger partial charge in [-0.15, -0.1) is 0 Å². The number of hydrogen-bond acceptors (Lipinski definition) is 6. The molecule has 0 aromatic heterocycles. The van der Waals surface area contributed by atoms with Gasteiger partial charge in [-0.2, -0.15) is 0 Å². The molecular formula is C15H23N3O3. The summed E-state index contributed by atoms with van der Waals surface area (Å²) >= 11 is 0. The molecule has 0 spiro atoms. The molecule has 1 aliphatic rings. The second kappa shape index (κ2) is 7.28. The Morgan fingerprint density at radius 3 is 2.76 bits per heavy atom. The Morgan fingerprint density at radius 2 is 2.05 bits per heavy atom. The summed E-state index contributed by atoms with van der Waals surface area (Å²) in [6.07, 6.45) is 1.71. The van der Waals surface area contributed by atoms with Crippen LogP contribution in [0.5, 0.6) is 11.5 Å². The number of benzene rings is 1. The summed E-state index contributed by atoms with van der Waals surface area (Å²) in [7, 11) is 7.77. The van der Waals surface area contributed by atoms with Gasteiger partial charge in [0.25, 0.3) is 0 Å². The van der Waals surface area contributed by atoms with Crippen molar-refractivity contribution in [1.82, 2.24) is 9.80 Å². The van der Waals surface area contributed by atoms with Gasteiger partial charge in [0.2, 0.25) is 6.79 Å². The van der Waals surface area contributed by atoms with Crippen LogP contribution in [0.1, 0.15) is 11.1 Å². The van der Waals surface area contributed by atoms with Crippen molar-refractivity contribution >= 4 is 6.21 Å². The minimum absolute atomic E-state index is 0.272. The Labute approximate surface area is 125 Å². The maximum absolute atomic E-state index is 5.61. The normalized spacial score (nSPS) is 13.6. The highest BCUT2D eigenvalue weighted by Gasteiger charge is 2.21. The summed E-state index contributed by atoms with van der Waals surface area (Å²) in [6.45, 7) is 3.02. The monoisotopic (exact) mass is 293 g/mol. The largest absolute Gasteiger partial charge is 0.454 e. The molecule has 0 atom stereocenters. The molecular weight excluding hydrogens is 270 g/mol. The van der Waals surface area contributed by atoms with E-state index in [1.807, 2.05) is 12.1 Å². The Bertz CT molecular complexity index is 503. The molecule has 6 nitrogen and oxygen atoms in total. The highest BCUT2D eigenvalue weighted by molar-refractivity contribution is 5.83. The van der Waals surface area contributed by atoms with Gasteiger partial charge < -0.3 is 24.1 Å². The average Bonchev–Trinajstić information content (AvgIpc) is 2.93. The fourth-order valence-corrected chi connectivity index (χ4v) is 2.16. The van der Waals surface area contributed by atoms with Crippen molar-refractivity contribution in [3.63, 3.8) is 0 Å². The lowest BCUT2D eigenvalue weighted by molar-refractivity contribution is 0.172. The highest BCUT2D eigenvalue weighted by atomic mass is 16.7. The zero-order chi connectivity index (χ0) is 15.2. The summed E-state index contributed by atoms with van der Waals surface area (Å²) in [6, 6.07) is 3.88. The number of nitrogens with zero attached hydrogens (tertiary/aromatic N) is 3. The second-order valence-electron chi connectivity index (χ2n) is 5.33. The highest BCUT2D eigenvalue weighted by Crippen LogP contribution is 2.37. The maximum atomic E-state index is 5.61. The van der Waals surface area contributed by atoms with E-state index >= 15 is 0 Å². The maximum Gasteiger partial charge on any atom is 0.231 e. The van der Waals surface area contributed by atoms with Crippen LogP contribution in [0.25, 0.3) is 0 Å². The molecule has 1 aliphatic heterocycles. The van der Waals surface area contributed by atoms with Crippen LogP contribution in [-0.2, 0) is 11.4 Å². The van der Waals surface area contributed by atoms with Crippen LogP contribution < -0.4 is 9.47 Å². The van der Waals surface area contributed by atoms with Crippen LogP contribution in [0.15, 0.2) is 17.3 Å². The predicted octanol–water partition coefficient (Wildman–Crippen LogP) is 1.39. The third kappa shape index (κ3) is 4.09. The number of rotatable bonds is 7. The van der Waals surface area contributed by atoms with E-state index in [0.717, 1.165) is 42.3 Å². The van der Waals surface area contributed by atoms with Crippen molar-refractivity contribution in [3.05, 3.63) is 23.3 Å². The molecule has 0 N–H and O–H groups in total. The molecule has 0 unspecified atom stereocenters. The molecule has 0 radical (unpaired) electrons. The lowest BCUT2D eigenvalue weighted by Crippen LogP contribution is -2.28. The van der Waals surface area contributed by atoms with Gasteiger partial charge in [-0.05, 0) is 33.3 Å². The molecule has 1 aromatic rings. The molecule has 21 heavy (non-hydrogen) atoms. The third-order valence-corrected chi connectivity index (χ3v) is 3.33. The molecule has 0 saturated heterocycles. The van der Waals surface area contributed by atoms with Crippen LogP contribution in [0.3, 0.4) is 0 Å². The first-order chi connectivity index (χ1) is 10.1. The summed E-state index contributed by atoms with van der Waals surface area (Å²) < 4.78 is 11.1. The van der Waals surface area contributed by atoms with Crippen LogP contribution in [0, 0.1) is 0 Å². The zero-order valence-electron chi connectivity index (χ0n) is 13.1. The van der Waals surface area contributed by atoms with Gasteiger partial charge in [-0.25, -0.2) is 0 Å². The lowest BCUT2D eigenvalue weighted by atomic mass is 10.1. The SMILES string of the molecule is CON=Cc1ccc2c(c1CN(C)CCN(C)C)OCO2. The second-order valence-corrected chi connectivity index (χ2v) is 5.33. The van der Waals surface area contributed by atoms with Gasteiger partial charge in [0, 0.05) is 30.8 Å². The van der Waals surface area contributed by atoms with Crippen molar-refractivity contribution < 1.29 is 14.3 Å². The number of fused-ring (bicyclic) bond motifs is 1. The van der Waals surface area contributed by atoms with Gasteiger partial charge in [0.1, 0.15) is 7.11 Å². The standard InChI is InChI=1S/C15H23N3O3/c1-17(2)7-8-18(3)10-13-12(9-16-19-4)5-6-14-15(13)21-11-20-14/h5-6,9H,7-8,10-11H2,1-4H3. The number of oxime groups is 1. The third-order valence-electron chi connectivity index (χ3n) is 3.33. The minimum atomic E-state index is 0.272. The Kier molecular flexibility index (Phi) is 5.41. The number of ether oxygens (including phenoxy) is 2. The molecule has 6 heteroatoms. The average molecular weight is 293 g/mol. The fourth-order valence-electron chi connectivity index (χ4n) is 2.16. The molecule has 1 heterocycles. The van der Waals surface area contributed by atoms with E-state index in [-0.39, 0.29) is 6.79 Å². The van der Waals surface area contributed by atoms with Gasteiger partial charge in [-0.1, -0.05) is 5.16 Å². The molecule has 0 amide bonds. The molecule has 1 aromatic carbocycles. The Morgan fingerprint density at radius 1 is 1.24 bits per heavy atom. The topological polar surface area (TPSA) is 46.5 Å². The van der Waals surface area contributed by atoms with E-state index in [1.165, 1.54) is 7.11 Å². The number of hydrogen-bond donors (Lipinski definition) is 0. The Hall–Kier alpha value is -1.79. The molecule has 116 valence electrons. The quantitative estimate of drug-likeness (QED) is 0.561. The summed E-state index contributed by atoms with van der Waals surface area (Å²) in [5, 5.41) is 3.86. The van der Waals surface area contributed by atoms with Crippen LogP contribution >= 0.6 is 0 Å². The van der Waals surface area contributed by atoms with Gasteiger partial charge >= 0.3 is 0 Å². The molecule has 2 rings (SSSR count). The molecule has 0 saturated carbocycles. The van der Waals surface area contributed by atoms with Crippen molar-refractivity contribution in [2.75, 3.05) is 48.1 Å². The van der Waals surface area contributed by atoms with E-state index in [4.69, 9.17) is 14.3 Å². The summed E-state index contributed by atoms with van der Waals surface area (Å²) in [5.74, 6) is 1.60. The van der Waals surface area contributed by atoms with E-state index in [9.17, 15) is 0 Å². The minimum Gasteiger partial charge on any atom is -0.454 e. The van der Waals surface area contributed by atoms with Crippen LogP contribution in [0.4, 0.5) is 0 Å². The smallest absolute Gasteiger partial charge is 0.231 e. The van der Waals surface area contributed by atoms with Gasteiger partial charge in [0.15, 0.2) is 11.5 Å². The van der Waals surface area contributed by atoms with Crippen molar-refractivity contribution in [1.29, 1.82) is 0 Å². The van der Waals surface area contributed by atoms with E-state index < -0.39 is 0 Å². The summed E-state index contributed by atoms with van der Waals surface area (Å²) in [5.41, 5.74) is 2.06. The zero-order valence-corrected chi connectivity index (χ0v) is 13.1. The fraction of sp³-hybridized carbons (Fsp3) is 0.533. The Balaban J connectivity index is 2.19.